The summed E-state index contributed by atoms with van der Waals surface area (Å²) >= 11 is 0. The normalized spacial score (nSPS) is 11.3. The van der Waals surface area contributed by atoms with Gasteiger partial charge in [-0.3, -0.25) is 0 Å². The van der Waals surface area contributed by atoms with Gasteiger partial charge in [0.1, 0.15) is 6.07 Å². The predicted octanol–water partition coefficient (Wildman–Crippen LogP) is 11.0. The van der Waals surface area contributed by atoms with Crippen molar-refractivity contribution >= 4 is 43.6 Å². The maximum atomic E-state index is 10.8. The lowest BCUT2D eigenvalue weighted by molar-refractivity contribution is 1.17. The Morgan fingerprint density at radius 3 is 1.31 bits per heavy atom. The highest BCUT2D eigenvalue weighted by molar-refractivity contribution is 6.10. The molecule has 0 radical (unpaired) electrons. The summed E-state index contributed by atoms with van der Waals surface area (Å²) in [4.78, 5) is 0. The van der Waals surface area contributed by atoms with Gasteiger partial charge in [-0.2, -0.15) is 10.5 Å². The molecule has 4 nitrogen and oxygen atoms in total. The fraction of sp³-hybridized carbons (Fsp3) is 0. The lowest BCUT2D eigenvalue weighted by Gasteiger charge is -2.17. The molecular weight excluding hydrogens is 585 g/mol. The predicted molar refractivity (Wildman–Crippen MR) is 195 cm³/mol. The molecule has 0 N–H and O–H groups in total. The molecule has 0 unspecified atom stereocenters. The van der Waals surface area contributed by atoms with E-state index in [2.05, 4.69) is 118 Å². The van der Waals surface area contributed by atoms with Gasteiger partial charge in [0.25, 0.3) is 0 Å². The van der Waals surface area contributed by atoms with Crippen LogP contribution < -0.4 is 0 Å². The van der Waals surface area contributed by atoms with Crippen LogP contribution in [0.5, 0.6) is 0 Å². The number of benzene rings is 7. The van der Waals surface area contributed by atoms with Crippen molar-refractivity contribution in [3.8, 4) is 45.8 Å². The molecular formula is C44H26N4. The maximum absolute atomic E-state index is 10.8. The van der Waals surface area contributed by atoms with E-state index in [1.807, 2.05) is 60.7 Å². The van der Waals surface area contributed by atoms with Crippen molar-refractivity contribution in [2.45, 2.75) is 0 Å². The summed E-state index contributed by atoms with van der Waals surface area (Å²) in [6, 6.07) is 58.8. The Balaban J connectivity index is 1.28. The van der Waals surface area contributed by atoms with Crippen molar-refractivity contribution in [3.05, 3.63) is 169 Å². The Bertz CT molecular complexity index is 2710. The van der Waals surface area contributed by atoms with E-state index < -0.39 is 0 Å². The number of rotatable bonds is 4. The summed E-state index contributed by atoms with van der Waals surface area (Å²) in [6.45, 7) is 0. The van der Waals surface area contributed by atoms with Gasteiger partial charge in [-0.05, 0) is 65.7 Å². The van der Waals surface area contributed by atoms with E-state index in [0.717, 1.165) is 66.5 Å². The van der Waals surface area contributed by atoms with E-state index in [-0.39, 0.29) is 0 Å². The second-order valence-corrected chi connectivity index (χ2v) is 12.0. The second kappa shape index (κ2) is 10.9. The van der Waals surface area contributed by atoms with Crippen LogP contribution in [0.2, 0.25) is 0 Å². The Morgan fingerprint density at radius 1 is 0.375 bits per heavy atom. The fourth-order valence-corrected chi connectivity index (χ4v) is 7.36. The summed E-state index contributed by atoms with van der Waals surface area (Å²) in [7, 11) is 0. The van der Waals surface area contributed by atoms with E-state index in [4.69, 9.17) is 0 Å². The SMILES string of the molecule is N#Cc1cc(-c2ccccc2-n2c3ccccc3c3ccccc32)cc(-c2cccc(-n3c4ccccc4c4ccccc43)c2C#N)c1. The highest BCUT2D eigenvalue weighted by atomic mass is 15.0. The van der Waals surface area contributed by atoms with E-state index >= 15 is 0 Å². The van der Waals surface area contributed by atoms with Crippen LogP contribution >= 0.6 is 0 Å². The lowest BCUT2D eigenvalue weighted by atomic mass is 9.92. The summed E-state index contributed by atoms with van der Waals surface area (Å²) < 4.78 is 4.49. The zero-order valence-electron chi connectivity index (χ0n) is 25.8. The number of para-hydroxylation sites is 5. The van der Waals surface area contributed by atoms with Crippen molar-refractivity contribution in [1.29, 1.82) is 10.5 Å². The summed E-state index contributed by atoms with van der Waals surface area (Å²) in [5.74, 6) is 0. The van der Waals surface area contributed by atoms with E-state index in [0.29, 0.717) is 11.1 Å². The van der Waals surface area contributed by atoms with Gasteiger partial charge in [0, 0.05) is 32.7 Å². The number of nitriles is 2. The number of aromatic nitrogens is 2. The van der Waals surface area contributed by atoms with Crippen LogP contribution in [-0.2, 0) is 0 Å². The molecule has 0 saturated heterocycles. The first-order chi connectivity index (χ1) is 23.7. The first-order valence-electron chi connectivity index (χ1n) is 15.9. The molecule has 0 saturated carbocycles. The monoisotopic (exact) mass is 610 g/mol. The summed E-state index contributed by atoms with van der Waals surface area (Å²) in [5, 5.41) is 25.7. The molecule has 0 aliphatic carbocycles. The second-order valence-electron chi connectivity index (χ2n) is 12.0. The first kappa shape index (κ1) is 27.4. The smallest absolute Gasteiger partial charge is 0.102 e. The van der Waals surface area contributed by atoms with Crippen molar-refractivity contribution in [1.82, 2.24) is 9.13 Å². The molecule has 0 amide bonds. The molecule has 0 fully saturated rings. The highest BCUT2D eigenvalue weighted by Crippen LogP contribution is 2.40. The Labute approximate surface area is 277 Å². The molecule has 0 aliphatic rings. The van der Waals surface area contributed by atoms with Gasteiger partial charge in [-0.1, -0.05) is 103 Å². The van der Waals surface area contributed by atoms with Crippen LogP contribution in [-0.4, -0.2) is 9.13 Å². The third-order valence-corrected chi connectivity index (χ3v) is 9.38. The molecule has 7 aromatic carbocycles. The van der Waals surface area contributed by atoms with Crippen molar-refractivity contribution in [3.63, 3.8) is 0 Å². The van der Waals surface area contributed by atoms with E-state index in [1.165, 1.54) is 10.8 Å². The summed E-state index contributed by atoms with van der Waals surface area (Å²) in [6.07, 6.45) is 0. The maximum Gasteiger partial charge on any atom is 0.102 e. The minimum atomic E-state index is 0.533. The Kier molecular flexibility index (Phi) is 6.22. The van der Waals surface area contributed by atoms with Gasteiger partial charge in [0.15, 0.2) is 0 Å². The zero-order valence-corrected chi connectivity index (χ0v) is 25.8. The average Bonchev–Trinajstić information content (AvgIpc) is 3.67. The number of hydrogen-bond donors (Lipinski definition) is 0. The third kappa shape index (κ3) is 4.07. The molecule has 2 heterocycles. The molecule has 0 bridgehead atoms. The van der Waals surface area contributed by atoms with Gasteiger partial charge in [0.05, 0.1) is 50.6 Å². The molecule has 48 heavy (non-hydrogen) atoms. The molecule has 4 heteroatoms. The highest BCUT2D eigenvalue weighted by Gasteiger charge is 2.20. The molecule has 0 spiro atoms. The first-order valence-corrected chi connectivity index (χ1v) is 15.9. The van der Waals surface area contributed by atoms with Crippen LogP contribution in [0, 0.1) is 22.7 Å². The van der Waals surface area contributed by atoms with Gasteiger partial charge in [-0.25, -0.2) is 0 Å². The fourth-order valence-electron chi connectivity index (χ4n) is 7.36. The van der Waals surface area contributed by atoms with Crippen LogP contribution in [0.4, 0.5) is 0 Å². The van der Waals surface area contributed by atoms with Crippen LogP contribution in [0.1, 0.15) is 11.1 Å². The van der Waals surface area contributed by atoms with Crippen LogP contribution in [0.25, 0.3) is 77.2 Å². The van der Waals surface area contributed by atoms with Crippen LogP contribution in [0.3, 0.4) is 0 Å². The van der Waals surface area contributed by atoms with Crippen molar-refractivity contribution in [2.24, 2.45) is 0 Å². The largest absolute Gasteiger partial charge is 0.309 e. The number of nitrogens with zero attached hydrogens (tertiary/aromatic N) is 4. The number of hydrogen-bond acceptors (Lipinski definition) is 2. The molecule has 2 aromatic heterocycles. The van der Waals surface area contributed by atoms with E-state index in [1.54, 1.807) is 0 Å². The topological polar surface area (TPSA) is 57.4 Å². The third-order valence-electron chi connectivity index (χ3n) is 9.38. The molecule has 9 aromatic rings. The van der Waals surface area contributed by atoms with Gasteiger partial charge in [0.2, 0.25) is 0 Å². The van der Waals surface area contributed by atoms with Crippen molar-refractivity contribution < 1.29 is 0 Å². The van der Waals surface area contributed by atoms with E-state index in [9.17, 15) is 10.5 Å². The molecule has 0 aliphatic heterocycles. The Hall–Kier alpha value is -6.88. The summed E-state index contributed by atoms with van der Waals surface area (Å²) in [5.41, 5.74) is 10.8. The van der Waals surface area contributed by atoms with Gasteiger partial charge in [-0.15, -0.1) is 0 Å². The molecule has 0 atom stereocenters. The quantitative estimate of drug-likeness (QED) is 0.199. The van der Waals surface area contributed by atoms with Gasteiger partial charge < -0.3 is 9.13 Å². The lowest BCUT2D eigenvalue weighted by Crippen LogP contribution is -2.00. The van der Waals surface area contributed by atoms with Crippen LogP contribution in [0.15, 0.2) is 158 Å². The molecule has 222 valence electrons. The minimum Gasteiger partial charge on any atom is -0.309 e. The Morgan fingerprint density at radius 2 is 0.792 bits per heavy atom. The van der Waals surface area contributed by atoms with Crippen molar-refractivity contribution in [2.75, 3.05) is 0 Å². The number of fused-ring (bicyclic) bond motifs is 6. The minimum absolute atomic E-state index is 0.533. The zero-order chi connectivity index (χ0) is 32.2. The average molecular weight is 611 g/mol. The standard InChI is InChI=1S/C44H26N4/c45-27-29-24-30(32-17-11-23-44(38(32)28-46)48-42-21-9-4-15-36(42)37-16-5-10-22-43(37)48)26-31(25-29)33-12-1-6-18-39(33)47-40-19-7-2-13-34(40)35-14-3-8-20-41(35)47/h1-26H. The van der Waals surface area contributed by atoms with Gasteiger partial charge >= 0.3 is 0 Å². The molecule has 9 rings (SSSR count).